The van der Waals surface area contributed by atoms with Crippen LogP contribution in [0.15, 0.2) is 47.5 Å². The van der Waals surface area contributed by atoms with Crippen LogP contribution in [0.3, 0.4) is 0 Å². The maximum absolute atomic E-state index is 14.0. The lowest BCUT2D eigenvalue weighted by molar-refractivity contribution is -0.0498. The number of guanidine groups is 1. The van der Waals surface area contributed by atoms with Gasteiger partial charge in [0, 0.05) is 32.7 Å². The summed E-state index contributed by atoms with van der Waals surface area (Å²) in [5.74, 6) is -0.579. The van der Waals surface area contributed by atoms with Crippen LogP contribution in [-0.2, 0) is 6.54 Å². The van der Waals surface area contributed by atoms with E-state index >= 15 is 0 Å². The Morgan fingerprint density at radius 2 is 1.90 bits per heavy atom. The Balaban J connectivity index is 0.00000320. The van der Waals surface area contributed by atoms with Crippen LogP contribution >= 0.6 is 24.0 Å². The molecule has 0 radical (unpaired) electrons. The summed E-state index contributed by atoms with van der Waals surface area (Å²) in [7, 11) is 1.61. The number of rotatable bonds is 6. The van der Waals surface area contributed by atoms with Gasteiger partial charge in [-0.2, -0.15) is 8.78 Å². The third-order valence-electron chi connectivity index (χ3n) is 4.59. The van der Waals surface area contributed by atoms with Gasteiger partial charge in [0.2, 0.25) is 0 Å². The number of halogens is 5. The zero-order valence-corrected chi connectivity index (χ0v) is 18.6. The van der Waals surface area contributed by atoms with E-state index < -0.39 is 18.2 Å². The third kappa shape index (κ3) is 6.38. The molecule has 164 valence electrons. The fourth-order valence-electron chi connectivity index (χ4n) is 3.28. The second-order valence-electron chi connectivity index (χ2n) is 6.60. The summed E-state index contributed by atoms with van der Waals surface area (Å²) in [6, 6.07) is 10.2. The summed E-state index contributed by atoms with van der Waals surface area (Å²) in [4.78, 5) is 5.81. The quantitative estimate of drug-likeness (QED) is 0.252. The van der Waals surface area contributed by atoms with Crippen molar-refractivity contribution in [1.29, 1.82) is 0 Å². The van der Waals surface area contributed by atoms with E-state index in [0.717, 1.165) is 5.56 Å². The zero-order chi connectivity index (χ0) is 20.8. The van der Waals surface area contributed by atoms with E-state index in [9.17, 15) is 17.6 Å². The first-order valence-electron chi connectivity index (χ1n) is 9.16. The van der Waals surface area contributed by atoms with Gasteiger partial charge in [0.1, 0.15) is 23.1 Å². The van der Waals surface area contributed by atoms with Gasteiger partial charge >= 0.3 is 6.61 Å². The Bertz CT molecular complexity index is 848. The van der Waals surface area contributed by atoms with Crippen molar-refractivity contribution in [2.45, 2.75) is 25.6 Å². The van der Waals surface area contributed by atoms with E-state index in [1.165, 1.54) is 30.3 Å². The van der Waals surface area contributed by atoms with Crippen molar-refractivity contribution >= 4 is 35.6 Å². The molecule has 0 spiro atoms. The lowest BCUT2D eigenvalue weighted by atomic mass is 10.2. The molecule has 0 aromatic heterocycles. The first kappa shape index (κ1) is 24.0. The lowest BCUT2D eigenvalue weighted by Crippen LogP contribution is -2.44. The Hall–Kier alpha value is -2.24. The molecule has 0 bridgehead atoms. The van der Waals surface area contributed by atoms with Crippen LogP contribution in [0.25, 0.3) is 0 Å². The number of hydrogen-bond acceptors (Lipinski definition) is 3. The van der Waals surface area contributed by atoms with Gasteiger partial charge in [0.15, 0.2) is 5.96 Å². The van der Waals surface area contributed by atoms with Crippen molar-refractivity contribution in [3.63, 3.8) is 0 Å². The number of nitrogens with zero attached hydrogens (tertiary/aromatic N) is 2. The summed E-state index contributed by atoms with van der Waals surface area (Å²) >= 11 is 0. The molecule has 0 amide bonds. The fraction of sp³-hybridized carbons (Fsp3) is 0.350. The molecular weight excluding hydrogens is 515 g/mol. The van der Waals surface area contributed by atoms with Crippen molar-refractivity contribution in [3.05, 3.63) is 59.7 Å². The van der Waals surface area contributed by atoms with Crippen molar-refractivity contribution < 1.29 is 22.3 Å². The van der Waals surface area contributed by atoms with Gasteiger partial charge in [-0.25, -0.2) is 8.78 Å². The normalized spacial score (nSPS) is 16.4. The summed E-state index contributed by atoms with van der Waals surface area (Å²) in [6.45, 7) is -1.59. The van der Waals surface area contributed by atoms with Gasteiger partial charge in [-0.1, -0.05) is 18.2 Å². The van der Waals surface area contributed by atoms with Crippen LogP contribution in [0.1, 0.15) is 12.0 Å². The minimum atomic E-state index is -2.88. The number of benzene rings is 2. The van der Waals surface area contributed by atoms with Crippen LogP contribution in [0, 0.1) is 11.6 Å². The minimum absolute atomic E-state index is 0. The van der Waals surface area contributed by atoms with Crippen LogP contribution in [0.5, 0.6) is 5.75 Å². The highest BCUT2D eigenvalue weighted by molar-refractivity contribution is 14.0. The van der Waals surface area contributed by atoms with Crippen molar-refractivity contribution in [3.8, 4) is 5.75 Å². The first-order valence-corrected chi connectivity index (χ1v) is 9.16. The van der Waals surface area contributed by atoms with Gasteiger partial charge in [0.05, 0.1) is 0 Å². The van der Waals surface area contributed by atoms with E-state index in [1.54, 1.807) is 24.1 Å². The molecule has 10 heteroatoms. The van der Waals surface area contributed by atoms with Crippen molar-refractivity contribution in [2.24, 2.45) is 4.99 Å². The topological polar surface area (TPSA) is 48.9 Å². The van der Waals surface area contributed by atoms with Crippen LogP contribution in [-0.4, -0.2) is 38.8 Å². The summed E-state index contributed by atoms with van der Waals surface area (Å²) < 4.78 is 57.0. The molecule has 0 aliphatic carbocycles. The fourth-order valence-corrected chi connectivity index (χ4v) is 3.28. The molecule has 1 atom stereocenters. The lowest BCUT2D eigenvalue weighted by Gasteiger charge is -2.21. The van der Waals surface area contributed by atoms with E-state index in [1.807, 2.05) is 0 Å². The smallest absolute Gasteiger partial charge is 0.387 e. The van der Waals surface area contributed by atoms with Crippen LogP contribution in [0.2, 0.25) is 0 Å². The van der Waals surface area contributed by atoms with E-state index in [2.05, 4.69) is 20.4 Å². The third-order valence-corrected chi connectivity index (χ3v) is 4.59. The van der Waals surface area contributed by atoms with Crippen molar-refractivity contribution in [1.82, 2.24) is 10.6 Å². The highest BCUT2D eigenvalue weighted by Crippen LogP contribution is 2.26. The highest BCUT2D eigenvalue weighted by atomic mass is 127. The molecule has 30 heavy (non-hydrogen) atoms. The Labute approximate surface area is 189 Å². The van der Waals surface area contributed by atoms with Gasteiger partial charge in [-0.3, -0.25) is 4.99 Å². The van der Waals surface area contributed by atoms with Gasteiger partial charge in [-0.15, -0.1) is 24.0 Å². The number of para-hydroxylation sites is 1. The molecule has 0 saturated carbocycles. The Morgan fingerprint density at radius 1 is 1.20 bits per heavy atom. The molecule has 5 nitrogen and oxygen atoms in total. The molecule has 1 aliphatic rings. The number of aliphatic imine (C=N–C) groups is 1. The van der Waals surface area contributed by atoms with Crippen LogP contribution < -0.4 is 20.3 Å². The second kappa shape index (κ2) is 11.2. The molecule has 1 fully saturated rings. The predicted octanol–water partition coefficient (Wildman–Crippen LogP) is 4.13. The molecule has 1 aliphatic heterocycles. The minimum Gasteiger partial charge on any atom is -0.435 e. The Morgan fingerprint density at radius 3 is 2.57 bits per heavy atom. The Kier molecular flexibility index (Phi) is 9.00. The second-order valence-corrected chi connectivity index (χ2v) is 6.60. The molecule has 1 saturated heterocycles. The zero-order valence-electron chi connectivity index (χ0n) is 16.2. The maximum atomic E-state index is 14.0. The van der Waals surface area contributed by atoms with E-state index in [4.69, 9.17) is 0 Å². The summed E-state index contributed by atoms with van der Waals surface area (Å²) in [5.41, 5.74) is 0.725. The molecule has 2 aromatic carbocycles. The monoisotopic (exact) mass is 538 g/mol. The number of hydrogen-bond donors (Lipinski definition) is 2. The summed E-state index contributed by atoms with van der Waals surface area (Å²) in [5, 5.41) is 6.32. The largest absolute Gasteiger partial charge is 0.435 e. The number of ether oxygens (including phenoxy) is 1. The maximum Gasteiger partial charge on any atom is 0.387 e. The number of nitrogens with one attached hydrogen (secondary N) is 2. The standard InChI is InChI=1S/C20H22F4N4O.HI/c1-25-20(26-11-13-4-2-5-15(10-13)29-19(23)24)27-14-8-9-28(12-14)18-16(21)6-3-7-17(18)22;/h2-7,10,14,19H,8-9,11-12H2,1H3,(H2,25,26,27);1H. The van der Waals surface area contributed by atoms with Gasteiger partial charge < -0.3 is 20.3 Å². The molecule has 2 aromatic rings. The average Bonchev–Trinajstić information content (AvgIpc) is 3.13. The summed E-state index contributed by atoms with van der Waals surface area (Å²) in [6.07, 6.45) is 0.687. The van der Waals surface area contributed by atoms with Crippen LogP contribution in [0.4, 0.5) is 23.2 Å². The molecule has 1 heterocycles. The molecule has 2 N–H and O–H groups in total. The SMILES string of the molecule is CN=C(NCc1cccc(OC(F)F)c1)NC1CCN(c2c(F)cccc2F)C1.I. The molecule has 3 rings (SSSR count). The first-order chi connectivity index (χ1) is 14.0. The van der Waals surface area contributed by atoms with E-state index in [-0.39, 0.29) is 41.5 Å². The average molecular weight is 538 g/mol. The predicted molar refractivity (Wildman–Crippen MR) is 119 cm³/mol. The molecular formula is C20H23F4IN4O. The van der Waals surface area contributed by atoms with E-state index in [0.29, 0.717) is 32.0 Å². The number of alkyl halides is 2. The molecule has 1 unspecified atom stereocenters. The van der Waals surface area contributed by atoms with Crippen molar-refractivity contribution in [2.75, 3.05) is 25.0 Å². The number of anilines is 1. The van der Waals surface area contributed by atoms with Gasteiger partial charge in [-0.05, 0) is 36.2 Å². The van der Waals surface area contributed by atoms with Gasteiger partial charge in [0.25, 0.3) is 0 Å². The highest BCUT2D eigenvalue weighted by Gasteiger charge is 2.27.